The Morgan fingerprint density at radius 1 is 0.938 bits per heavy atom. The fourth-order valence-electron chi connectivity index (χ4n) is 1.41. The van der Waals surface area contributed by atoms with E-state index in [-0.39, 0.29) is 0 Å². The molecule has 2 aromatic carbocycles. The van der Waals surface area contributed by atoms with E-state index in [4.69, 9.17) is 0 Å². The Balaban J connectivity index is 2.03. The van der Waals surface area contributed by atoms with Crippen LogP contribution in [-0.2, 0) is 0 Å². The molecular weight excluding hydrogens is 196 g/mol. The highest BCUT2D eigenvalue weighted by atomic mass is 15.3. The van der Waals surface area contributed by atoms with Crippen molar-refractivity contribution in [3.8, 4) is 0 Å². The molecule has 0 amide bonds. The monoisotopic (exact) mass is 210 g/mol. The van der Waals surface area contributed by atoms with E-state index in [0.717, 1.165) is 11.3 Å². The second-order valence-corrected chi connectivity index (χ2v) is 3.60. The first-order valence-corrected chi connectivity index (χ1v) is 5.26. The van der Waals surface area contributed by atoms with E-state index in [2.05, 4.69) is 23.5 Å². The Labute approximate surface area is 95.6 Å². The largest absolute Gasteiger partial charge is 0.278 e. The van der Waals surface area contributed by atoms with Gasteiger partial charge >= 0.3 is 0 Å². The predicted molar refractivity (Wildman–Crippen MR) is 68.8 cm³/mol. The van der Waals surface area contributed by atoms with Crippen LogP contribution in [0.1, 0.15) is 11.1 Å². The molecule has 1 N–H and O–H groups in total. The third kappa shape index (κ3) is 2.70. The van der Waals surface area contributed by atoms with Crippen molar-refractivity contribution < 1.29 is 0 Å². The molecule has 80 valence electrons. The number of aryl methyl sites for hydroxylation is 1. The maximum atomic E-state index is 4.20. The molecule has 0 aliphatic carbocycles. The lowest BCUT2D eigenvalue weighted by molar-refractivity contribution is 1.31. The first-order chi connectivity index (χ1) is 7.86. The minimum absolute atomic E-state index is 1.04. The fourth-order valence-corrected chi connectivity index (χ4v) is 1.41. The minimum Gasteiger partial charge on any atom is -0.278 e. The number of hydrogen-bond donors (Lipinski definition) is 1. The summed E-state index contributed by atoms with van der Waals surface area (Å²) in [6.45, 7) is 2.06. The van der Waals surface area contributed by atoms with E-state index in [1.807, 2.05) is 54.7 Å². The summed E-state index contributed by atoms with van der Waals surface area (Å²) in [5, 5.41) is 4.20. The van der Waals surface area contributed by atoms with E-state index in [1.54, 1.807) is 0 Å². The van der Waals surface area contributed by atoms with Gasteiger partial charge in [-0.25, -0.2) is 0 Å². The molecule has 0 unspecified atom stereocenters. The molecule has 0 aliphatic rings. The number of rotatable bonds is 3. The van der Waals surface area contributed by atoms with E-state index in [1.165, 1.54) is 5.56 Å². The summed E-state index contributed by atoms with van der Waals surface area (Å²) in [6, 6.07) is 18.1. The summed E-state index contributed by atoms with van der Waals surface area (Å²) in [6.07, 6.45) is 1.81. The minimum atomic E-state index is 1.04. The molecule has 2 nitrogen and oxygen atoms in total. The Bertz CT molecular complexity index is 475. The molecule has 2 rings (SSSR count). The standard InChI is InChI=1S/C14H14N2/c1-12-7-5-6-10-14(12)16-15-11-13-8-3-2-4-9-13/h2-11,16H,1H3/b15-11-. The van der Waals surface area contributed by atoms with Crippen molar-refractivity contribution in [1.29, 1.82) is 0 Å². The molecule has 0 fully saturated rings. The Morgan fingerprint density at radius 2 is 1.62 bits per heavy atom. The summed E-state index contributed by atoms with van der Waals surface area (Å²) in [5.74, 6) is 0. The number of para-hydroxylation sites is 1. The normalized spacial score (nSPS) is 10.6. The number of nitrogens with one attached hydrogen (secondary N) is 1. The van der Waals surface area contributed by atoms with Crippen molar-refractivity contribution in [2.45, 2.75) is 6.92 Å². The number of nitrogens with zero attached hydrogens (tertiary/aromatic N) is 1. The molecule has 2 aromatic rings. The van der Waals surface area contributed by atoms with Gasteiger partial charge in [-0.1, -0.05) is 48.5 Å². The summed E-state index contributed by atoms with van der Waals surface area (Å²) in [7, 11) is 0. The highest BCUT2D eigenvalue weighted by Crippen LogP contribution is 2.12. The lowest BCUT2D eigenvalue weighted by Crippen LogP contribution is -1.92. The SMILES string of the molecule is Cc1ccccc1N/N=C\c1ccccc1. The molecule has 0 saturated carbocycles. The lowest BCUT2D eigenvalue weighted by atomic mass is 10.2. The van der Waals surface area contributed by atoms with Crippen molar-refractivity contribution in [3.05, 3.63) is 65.7 Å². The zero-order valence-corrected chi connectivity index (χ0v) is 9.22. The molecule has 16 heavy (non-hydrogen) atoms. The van der Waals surface area contributed by atoms with Crippen LogP contribution in [0.2, 0.25) is 0 Å². The van der Waals surface area contributed by atoms with Crippen molar-refractivity contribution >= 4 is 11.9 Å². The molecule has 0 bridgehead atoms. The van der Waals surface area contributed by atoms with Crippen molar-refractivity contribution in [2.75, 3.05) is 5.43 Å². The second-order valence-electron chi connectivity index (χ2n) is 3.60. The number of anilines is 1. The maximum absolute atomic E-state index is 4.20. The third-order valence-corrected chi connectivity index (χ3v) is 2.34. The van der Waals surface area contributed by atoms with Gasteiger partial charge in [-0.3, -0.25) is 5.43 Å². The third-order valence-electron chi connectivity index (χ3n) is 2.34. The number of hydrogen-bond acceptors (Lipinski definition) is 2. The summed E-state index contributed by atoms with van der Waals surface area (Å²) in [5.41, 5.74) is 6.34. The van der Waals surface area contributed by atoms with Crippen LogP contribution >= 0.6 is 0 Å². The van der Waals surface area contributed by atoms with Crippen LogP contribution in [0.3, 0.4) is 0 Å². The Morgan fingerprint density at radius 3 is 2.38 bits per heavy atom. The Kier molecular flexibility index (Phi) is 3.34. The highest BCUT2D eigenvalue weighted by Gasteiger charge is 1.92. The fraction of sp³-hybridized carbons (Fsp3) is 0.0714. The van der Waals surface area contributed by atoms with Crippen molar-refractivity contribution in [1.82, 2.24) is 0 Å². The number of hydrazone groups is 1. The molecule has 0 spiro atoms. The molecule has 0 heterocycles. The van der Waals surface area contributed by atoms with Gasteiger partial charge in [0.15, 0.2) is 0 Å². The molecule has 0 aliphatic heterocycles. The van der Waals surface area contributed by atoms with Crippen LogP contribution in [0.25, 0.3) is 0 Å². The van der Waals surface area contributed by atoms with Crippen LogP contribution in [0.15, 0.2) is 59.7 Å². The van der Waals surface area contributed by atoms with Gasteiger partial charge in [0, 0.05) is 0 Å². The average molecular weight is 210 g/mol. The average Bonchev–Trinajstić information content (AvgIpc) is 2.33. The van der Waals surface area contributed by atoms with E-state index >= 15 is 0 Å². The summed E-state index contributed by atoms with van der Waals surface area (Å²) >= 11 is 0. The first-order valence-electron chi connectivity index (χ1n) is 5.26. The van der Waals surface area contributed by atoms with Crippen LogP contribution in [0, 0.1) is 6.92 Å². The second kappa shape index (κ2) is 5.12. The summed E-state index contributed by atoms with van der Waals surface area (Å²) in [4.78, 5) is 0. The van der Waals surface area contributed by atoms with Gasteiger partial charge in [0.2, 0.25) is 0 Å². The molecular formula is C14H14N2. The smallest absolute Gasteiger partial charge is 0.0590 e. The topological polar surface area (TPSA) is 24.4 Å². The lowest BCUT2D eigenvalue weighted by Gasteiger charge is -2.03. The maximum Gasteiger partial charge on any atom is 0.0590 e. The van der Waals surface area contributed by atoms with Crippen LogP contribution in [0.4, 0.5) is 5.69 Å². The molecule has 0 saturated heterocycles. The molecule has 0 atom stereocenters. The van der Waals surface area contributed by atoms with Gasteiger partial charge in [0.1, 0.15) is 0 Å². The van der Waals surface area contributed by atoms with Crippen molar-refractivity contribution in [2.24, 2.45) is 5.10 Å². The molecule has 0 aromatic heterocycles. The first kappa shape index (κ1) is 10.4. The Hall–Kier alpha value is -2.09. The van der Waals surface area contributed by atoms with Gasteiger partial charge in [0.05, 0.1) is 11.9 Å². The van der Waals surface area contributed by atoms with E-state index in [9.17, 15) is 0 Å². The predicted octanol–water partition coefficient (Wildman–Crippen LogP) is 3.44. The number of benzene rings is 2. The zero-order chi connectivity index (χ0) is 11.2. The van der Waals surface area contributed by atoms with Gasteiger partial charge < -0.3 is 0 Å². The summed E-state index contributed by atoms with van der Waals surface area (Å²) < 4.78 is 0. The van der Waals surface area contributed by atoms with Crippen LogP contribution in [0.5, 0.6) is 0 Å². The van der Waals surface area contributed by atoms with Gasteiger partial charge in [-0.05, 0) is 24.1 Å². The highest BCUT2D eigenvalue weighted by molar-refractivity contribution is 5.80. The quantitative estimate of drug-likeness (QED) is 0.609. The zero-order valence-electron chi connectivity index (χ0n) is 9.22. The molecule has 0 radical (unpaired) electrons. The van der Waals surface area contributed by atoms with Crippen molar-refractivity contribution in [3.63, 3.8) is 0 Å². The van der Waals surface area contributed by atoms with E-state index < -0.39 is 0 Å². The van der Waals surface area contributed by atoms with Gasteiger partial charge in [0.25, 0.3) is 0 Å². The molecule has 2 heteroatoms. The van der Waals surface area contributed by atoms with Gasteiger partial charge in [-0.15, -0.1) is 0 Å². The van der Waals surface area contributed by atoms with Gasteiger partial charge in [-0.2, -0.15) is 5.10 Å². The van der Waals surface area contributed by atoms with E-state index in [0.29, 0.717) is 0 Å². The van der Waals surface area contributed by atoms with Crippen LogP contribution in [-0.4, -0.2) is 6.21 Å². The van der Waals surface area contributed by atoms with Crippen LogP contribution < -0.4 is 5.43 Å².